The summed E-state index contributed by atoms with van der Waals surface area (Å²) in [5, 5.41) is 17.1. The van der Waals surface area contributed by atoms with Crippen LogP contribution in [0.15, 0.2) is 11.5 Å². The van der Waals surface area contributed by atoms with Gasteiger partial charge in [-0.25, -0.2) is 0 Å². The highest BCUT2D eigenvalue weighted by Gasteiger charge is 2.17. The first-order chi connectivity index (χ1) is 9.45. The quantitative estimate of drug-likeness (QED) is 0.582. The van der Waals surface area contributed by atoms with E-state index in [-0.39, 0.29) is 24.2 Å². The Bertz CT molecular complexity index is 521. The van der Waals surface area contributed by atoms with Gasteiger partial charge < -0.3 is 14.6 Å². The van der Waals surface area contributed by atoms with Gasteiger partial charge in [0, 0.05) is 6.04 Å². The van der Waals surface area contributed by atoms with E-state index in [4.69, 9.17) is 11.5 Å². The molecule has 0 saturated carbocycles. The van der Waals surface area contributed by atoms with Gasteiger partial charge in [-0.05, 0) is 13.8 Å². The highest BCUT2D eigenvalue weighted by molar-refractivity contribution is 7.99. The average Bonchev–Trinajstić information content (AvgIpc) is 2.83. The first-order valence-corrected chi connectivity index (χ1v) is 6.89. The summed E-state index contributed by atoms with van der Waals surface area (Å²) in [7, 11) is 0. The lowest BCUT2D eigenvalue weighted by Gasteiger charge is -2.17. The van der Waals surface area contributed by atoms with Gasteiger partial charge in [-0.3, -0.25) is 9.59 Å². The number of nitrogens with zero attached hydrogens (tertiary/aromatic N) is 4. The van der Waals surface area contributed by atoms with Gasteiger partial charge in [0.25, 0.3) is 0 Å². The zero-order valence-electron chi connectivity index (χ0n) is 11.3. The molecule has 0 aliphatic heterocycles. The van der Waals surface area contributed by atoms with Crippen molar-refractivity contribution in [3.05, 3.63) is 6.33 Å². The number of aromatic nitrogens is 3. The van der Waals surface area contributed by atoms with E-state index in [0.29, 0.717) is 5.16 Å². The number of carboxylic acids is 1. The molecule has 0 bridgehead atoms. The molecular weight excluding hydrogens is 280 g/mol. The van der Waals surface area contributed by atoms with Crippen LogP contribution in [-0.2, 0) is 9.59 Å². The van der Waals surface area contributed by atoms with Gasteiger partial charge in [0.2, 0.25) is 5.91 Å². The summed E-state index contributed by atoms with van der Waals surface area (Å²) in [5.41, 5.74) is 0. The van der Waals surface area contributed by atoms with E-state index >= 15 is 0 Å². The van der Waals surface area contributed by atoms with Crippen molar-refractivity contribution < 1.29 is 14.7 Å². The topological polar surface area (TPSA) is 88.3 Å². The Morgan fingerprint density at radius 1 is 1.60 bits per heavy atom. The maximum absolute atomic E-state index is 11.9. The highest BCUT2D eigenvalue weighted by atomic mass is 32.2. The monoisotopic (exact) mass is 296 g/mol. The second kappa shape index (κ2) is 7.55. The first-order valence-electron chi connectivity index (χ1n) is 5.91. The molecule has 0 radical (unpaired) electrons. The third kappa shape index (κ3) is 4.59. The summed E-state index contributed by atoms with van der Waals surface area (Å²) in [5.74, 6) is 0.913. The zero-order chi connectivity index (χ0) is 15.1. The van der Waals surface area contributed by atoms with E-state index in [1.165, 1.54) is 11.8 Å². The highest BCUT2D eigenvalue weighted by Crippen LogP contribution is 2.19. The standard InChI is InChI=1S/C12H16N4O3S/c1-4-5-15(6-11(18)19)10(17)7-20-12-14-13-8-16(12)9(2)3/h1,8-9H,5-7H2,2-3H3,(H,18,19). The van der Waals surface area contributed by atoms with Crippen LogP contribution in [0.5, 0.6) is 0 Å². The second-order valence-corrected chi connectivity index (χ2v) is 5.19. The normalized spacial score (nSPS) is 10.3. The number of terminal acetylenes is 1. The minimum atomic E-state index is -1.09. The van der Waals surface area contributed by atoms with Crippen LogP contribution in [0.2, 0.25) is 0 Å². The maximum atomic E-state index is 11.9. The van der Waals surface area contributed by atoms with E-state index in [1.54, 1.807) is 6.33 Å². The molecular formula is C12H16N4O3S. The number of amides is 1. The van der Waals surface area contributed by atoms with E-state index in [0.717, 1.165) is 4.90 Å². The Labute approximate surface area is 121 Å². The molecule has 7 nitrogen and oxygen atoms in total. The van der Waals surface area contributed by atoms with Gasteiger partial charge in [0.05, 0.1) is 12.3 Å². The van der Waals surface area contributed by atoms with Crippen molar-refractivity contribution in [1.82, 2.24) is 19.7 Å². The van der Waals surface area contributed by atoms with Gasteiger partial charge >= 0.3 is 5.97 Å². The van der Waals surface area contributed by atoms with Gasteiger partial charge in [-0.2, -0.15) is 0 Å². The predicted molar refractivity (Wildman–Crippen MR) is 74.2 cm³/mol. The Kier molecular flexibility index (Phi) is 6.06. The minimum Gasteiger partial charge on any atom is -0.480 e. The molecule has 108 valence electrons. The number of rotatable bonds is 7. The second-order valence-electron chi connectivity index (χ2n) is 4.25. The Morgan fingerprint density at radius 2 is 2.30 bits per heavy atom. The number of thioether (sulfide) groups is 1. The van der Waals surface area contributed by atoms with E-state index in [9.17, 15) is 9.59 Å². The summed E-state index contributed by atoms with van der Waals surface area (Å²) in [4.78, 5) is 23.7. The van der Waals surface area contributed by atoms with Crippen LogP contribution >= 0.6 is 11.8 Å². The molecule has 0 aromatic carbocycles. The Balaban J connectivity index is 2.63. The Morgan fingerprint density at radius 3 is 2.85 bits per heavy atom. The summed E-state index contributed by atoms with van der Waals surface area (Å²) >= 11 is 1.21. The lowest BCUT2D eigenvalue weighted by Crippen LogP contribution is -2.37. The van der Waals surface area contributed by atoms with Crippen molar-refractivity contribution in [2.45, 2.75) is 25.0 Å². The number of aliphatic carboxylic acids is 1. The molecule has 1 heterocycles. The molecule has 0 aliphatic rings. The van der Waals surface area contributed by atoms with Gasteiger partial charge in [-0.1, -0.05) is 17.7 Å². The number of hydrogen-bond donors (Lipinski definition) is 1. The van der Waals surface area contributed by atoms with Crippen LogP contribution in [0.3, 0.4) is 0 Å². The molecule has 0 unspecified atom stereocenters. The largest absolute Gasteiger partial charge is 0.480 e. The van der Waals surface area contributed by atoms with Crippen LogP contribution in [-0.4, -0.2) is 55.5 Å². The SMILES string of the molecule is C#CCN(CC(=O)O)C(=O)CSc1nncn1C(C)C. The van der Waals surface area contributed by atoms with E-state index in [2.05, 4.69) is 16.1 Å². The summed E-state index contributed by atoms with van der Waals surface area (Å²) in [6, 6.07) is 0.184. The zero-order valence-corrected chi connectivity index (χ0v) is 12.1. The molecule has 8 heteroatoms. The van der Waals surface area contributed by atoms with Crippen molar-refractivity contribution >= 4 is 23.6 Å². The molecule has 0 fully saturated rings. The molecule has 1 amide bonds. The molecule has 0 spiro atoms. The van der Waals surface area contributed by atoms with Crippen LogP contribution in [0, 0.1) is 12.3 Å². The molecule has 1 aromatic rings. The fourth-order valence-corrected chi connectivity index (χ4v) is 2.36. The lowest BCUT2D eigenvalue weighted by atomic mass is 10.4. The van der Waals surface area contributed by atoms with Crippen molar-refractivity contribution in [3.63, 3.8) is 0 Å². The van der Waals surface area contributed by atoms with Gasteiger partial charge in [-0.15, -0.1) is 16.6 Å². The fraction of sp³-hybridized carbons (Fsp3) is 0.500. The Hall–Kier alpha value is -2.01. The third-order valence-corrected chi connectivity index (χ3v) is 3.32. The molecule has 0 saturated heterocycles. The molecule has 1 aromatic heterocycles. The van der Waals surface area contributed by atoms with E-state index < -0.39 is 12.5 Å². The van der Waals surface area contributed by atoms with E-state index in [1.807, 2.05) is 18.4 Å². The number of hydrogen-bond acceptors (Lipinski definition) is 5. The van der Waals surface area contributed by atoms with Gasteiger partial charge in [0.1, 0.15) is 12.9 Å². The summed E-state index contributed by atoms with van der Waals surface area (Å²) in [6.45, 7) is 3.53. The maximum Gasteiger partial charge on any atom is 0.323 e. The third-order valence-electron chi connectivity index (χ3n) is 2.38. The van der Waals surface area contributed by atoms with Crippen LogP contribution in [0.4, 0.5) is 0 Å². The fourth-order valence-electron chi connectivity index (χ4n) is 1.41. The van der Waals surface area contributed by atoms with Crippen LogP contribution in [0.25, 0.3) is 0 Å². The van der Waals surface area contributed by atoms with Crippen LogP contribution in [0.1, 0.15) is 19.9 Å². The molecule has 1 N–H and O–H groups in total. The lowest BCUT2D eigenvalue weighted by molar-refractivity contribution is -0.143. The van der Waals surface area contributed by atoms with Crippen molar-refractivity contribution in [1.29, 1.82) is 0 Å². The predicted octanol–water partition coefficient (Wildman–Crippen LogP) is 0.497. The first kappa shape index (κ1) is 16.0. The number of carbonyl (C=O) groups excluding carboxylic acids is 1. The molecule has 0 atom stereocenters. The number of carbonyl (C=O) groups is 2. The van der Waals surface area contributed by atoms with Gasteiger partial charge in [0.15, 0.2) is 5.16 Å². The number of carboxylic acid groups (broad SMARTS) is 1. The molecule has 0 aliphatic carbocycles. The van der Waals surface area contributed by atoms with Crippen molar-refractivity contribution in [3.8, 4) is 12.3 Å². The van der Waals surface area contributed by atoms with Crippen molar-refractivity contribution in [2.24, 2.45) is 0 Å². The smallest absolute Gasteiger partial charge is 0.323 e. The van der Waals surface area contributed by atoms with Crippen molar-refractivity contribution in [2.75, 3.05) is 18.8 Å². The van der Waals surface area contributed by atoms with Crippen LogP contribution < -0.4 is 0 Å². The summed E-state index contributed by atoms with van der Waals surface area (Å²) < 4.78 is 1.83. The summed E-state index contributed by atoms with van der Waals surface area (Å²) in [6.07, 6.45) is 6.72. The average molecular weight is 296 g/mol. The minimum absolute atomic E-state index is 0.0252. The molecule has 1 rings (SSSR count). The molecule has 20 heavy (non-hydrogen) atoms.